The maximum absolute atomic E-state index is 13.3. The van der Waals surface area contributed by atoms with E-state index in [0.717, 1.165) is 77.0 Å². The third-order valence-electron chi connectivity index (χ3n) is 13.2. The van der Waals surface area contributed by atoms with Gasteiger partial charge in [0.2, 0.25) is 5.91 Å². The van der Waals surface area contributed by atoms with Gasteiger partial charge in [0.25, 0.3) is 0 Å². The molecule has 0 aromatic rings. The standard InChI is InChI=1S/C60H111NO5/c1-4-7-10-13-16-19-22-25-28-30-31-34-37-40-43-46-49-52-58(63)57(55-62)61-59(64)54-56(51-48-45-42-39-36-33-27-24-21-18-15-12-9-6-3)66-60(65)53-50-47-44-41-38-35-32-29-26-23-20-17-14-11-8-5-2/h8,11,17,20,26,29,35,38,56-58,62-63H,4-7,9-10,12-16,18-19,21-25,27-28,30-34,36-37,39-55H2,1-3H3,(H,61,64)/b11-8+,20-17+,29-26+,38-35+. The highest BCUT2D eigenvalue weighted by Gasteiger charge is 2.24. The fourth-order valence-corrected chi connectivity index (χ4v) is 8.84. The lowest BCUT2D eigenvalue weighted by Crippen LogP contribution is -2.46. The Bertz CT molecular complexity index is 1130. The van der Waals surface area contributed by atoms with Crippen molar-refractivity contribution in [1.29, 1.82) is 0 Å². The quantitative estimate of drug-likeness (QED) is 0.0321. The molecule has 0 spiro atoms. The van der Waals surface area contributed by atoms with Crippen molar-refractivity contribution < 1.29 is 24.5 Å². The van der Waals surface area contributed by atoms with E-state index in [1.807, 2.05) is 0 Å². The fraction of sp³-hybridized carbons (Fsp3) is 0.833. The highest BCUT2D eigenvalue weighted by molar-refractivity contribution is 5.77. The first-order valence-corrected chi connectivity index (χ1v) is 28.9. The summed E-state index contributed by atoms with van der Waals surface area (Å²) >= 11 is 0. The van der Waals surface area contributed by atoms with Crippen molar-refractivity contribution in [3.8, 4) is 0 Å². The topological polar surface area (TPSA) is 95.9 Å². The first-order chi connectivity index (χ1) is 32.5. The molecular weight excluding hydrogens is 815 g/mol. The molecular formula is C60H111NO5. The molecule has 3 unspecified atom stereocenters. The maximum Gasteiger partial charge on any atom is 0.306 e. The number of amides is 1. The summed E-state index contributed by atoms with van der Waals surface area (Å²) in [6.45, 7) is 6.40. The van der Waals surface area contributed by atoms with Crippen LogP contribution in [0.3, 0.4) is 0 Å². The number of carbonyl (C=O) groups is 2. The van der Waals surface area contributed by atoms with Crippen LogP contribution in [0.25, 0.3) is 0 Å². The molecule has 0 saturated carbocycles. The van der Waals surface area contributed by atoms with Crippen LogP contribution >= 0.6 is 0 Å². The molecule has 0 fully saturated rings. The summed E-state index contributed by atoms with van der Waals surface area (Å²) in [5, 5.41) is 23.9. The van der Waals surface area contributed by atoms with Crippen LogP contribution in [0, 0.1) is 0 Å². The summed E-state index contributed by atoms with van der Waals surface area (Å²) in [5.74, 6) is -0.497. The third kappa shape index (κ3) is 48.3. The lowest BCUT2D eigenvalue weighted by Gasteiger charge is -2.24. The lowest BCUT2D eigenvalue weighted by atomic mass is 10.0. The van der Waals surface area contributed by atoms with Gasteiger partial charge in [0, 0.05) is 6.42 Å². The number of carbonyl (C=O) groups excluding carboxylic acids is 2. The van der Waals surface area contributed by atoms with E-state index in [1.54, 1.807) is 0 Å². The van der Waals surface area contributed by atoms with Gasteiger partial charge < -0.3 is 20.3 Å². The molecule has 6 heteroatoms. The molecule has 0 aliphatic carbocycles. The molecule has 6 nitrogen and oxygen atoms in total. The van der Waals surface area contributed by atoms with E-state index >= 15 is 0 Å². The molecule has 66 heavy (non-hydrogen) atoms. The number of ether oxygens (including phenoxy) is 1. The largest absolute Gasteiger partial charge is 0.462 e. The van der Waals surface area contributed by atoms with Crippen molar-refractivity contribution in [2.75, 3.05) is 6.61 Å². The first-order valence-electron chi connectivity index (χ1n) is 28.9. The van der Waals surface area contributed by atoms with E-state index in [-0.39, 0.29) is 24.9 Å². The van der Waals surface area contributed by atoms with Gasteiger partial charge in [-0.25, -0.2) is 0 Å². The lowest BCUT2D eigenvalue weighted by molar-refractivity contribution is -0.151. The molecule has 0 saturated heterocycles. The van der Waals surface area contributed by atoms with Gasteiger partial charge in [0.15, 0.2) is 0 Å². The van der Waals surface area contributed by atoms with Crippen LogP contribution in [0.1, 0.15) is 297 Å². The predicted octanol–water partition coefficient (Wildman–Crippen LogP) is 17.8. The first kappa shape index (κ1) is 63.8. The average molecular weight is 927 g/mol. The summed E-state index contributed by atoms with van der Waals surface area (Å²) in [5.41, 5.74) is 0. The zero-order chi connectivity index (χ0) is 48.1. The van der Waals surface area contributed by atoms with E-state index in [4.69, 9.17) is 4.74 Å². The van der Waals surface area contributed by atoms with Crippen LogP contribution < -0.4 is 5.32 Å². The van der Waals surface area contributed by atoms with Crippen molar-refractivity contribution in [2.24, 2.45) is 0 Å². The number of esters is 1. The number of allylic oxidation sites excluding steroid dienone is 8. The zero-order valence-electron chi connectivity index (χ0n) is 44.1. The van der Waals surface area contributed by atoms with Crippen molar-refractivity contribution in [2.45, 2.75) is 315 Å². The summed E-state index contributed by atoms with van der Waals surface area (Å²) in [6, 6.07) is -0.707. The van der Waals surface area contributed by atoms with Gasteiger partial charge in [-0.2, -0.15) is 0 Å². The molecule has 0 aliphatic heterocycles. The summed E-state index contributed by atoms with van der Waals surface area (Å²) < 4.78 is 5.95. The van der Waals surface area contributed by atoms with Gasteiger partial charge >= 0.3 is 5.97 Å². The Morgan fingerprint density at radius 3 is 1.23 bits per heavy atom. The van der Waals surface area contributed by atoms with E-state index < -0.39 is 18.2 Å². The van der Waals surface area contributed by atoms with Gasteiger partial charge in [-0.1, -0.05) is 268 Å². The molecule has 3 N–H and O–H groups in total. The minimum Gasteiger partial charge on any atom is -0.462 e. The third-order valence-corrected chi connectivity index (χ3v) is 13.2. The predicted molar refractivity (Wildman–Crippen MR) is 287 cm³/mol. The Labute approximate surface area is 410 Å². The van der Waals surface area contributed by atoms with Crippen molar-refractivity contribution in [3.63, 3.8) is 0 Å². The Morgan fingerprint density at radius 1 is 0.455 bits per heavy atom. The number of aliphatic hydroxyl groups is 2. The van der Waals surface area contributed by atoms with Crippen LogP contribution in [-0.4, -0.2) is 46.9 Å². The van der Waals surface area contributed by atoms with Gasteiger partial charge in [-0.05, 0) is 64.2 Å². The zero-order valence-corrected chi connectivity index (χ0v) is 44.1. The molecule has 0 bridgehead atoms. The van der Waals surface area contributed by atoms with Gasteiger partial charge in [-0.15, -0.1) is 0 Å². The number of hydrogen-bond acceptors (Lipinski definition) is 5. The van der Waals surface area contributed by atoms with Crippen molar-refractivity contribution in [1.82, 2.24) is 5.32 Å². The van der Waals surface area contributed by atoms with E-state index in [2.05, 4.69) is 74.7 Å². The molecule has 0 radical (unpaired) electrons. The highest BCUT2D eigenvalue weighted by atomic mass is 16.5. The average Bonchev–Trinajstić information content (AvgIpc) is 3.31. The minimum atomic E-state index is -0.793. The van der Waals surface area contributed by atoms with Gasteiger partial charge in [-0.3, -0.25) is 9.59 Å². The van der Waals surface area contributed by atoms with Gasteiger partial charge in [0.05, 0.1) is 25.2 Å². The minimum absolute atomic E-state index is 0.0678. The Kier molecular flexibility index (Phi) is 52.0. The molecule has 0 aromatic carbocycles. The summed E-state index contributed by atoms with van der Waals surface area (Å²) in [6.07, 6.45) is 66.0. The molecule has 386 valence electrons. The molecule has 0 rings (SSSR count). The van der Waals surface area contributed by atoms with E-state index in [9.17, 15) is 19.8 Å². The monoisotopic (exact) mass is 926 g/mol. The smallest absolute Gasteiger partial charge is 0.306 e. The SMILES string of the molecule is CC/C=C/C/C=C/C/C=C/C/C=C/CCCCCC(=O)OC(CCCCCCCCCCCCCCCC)CC(=O)NC(CO)C(O)CCCCCCCCCCCCCCCCCCC. The van der Waals surface area contributed by atoms with Crippen molar-refractivity contribution in [3.05, 3.63) is 48.6 Å². The second-order valence-electron chi connectivity index (χ2n) is 19.7. The van der Waals surface area contributed by atoms with Crippen molar-refractivity contribution >= 4 is 11.9 Å². The molecule has 0 aromatic heterocycles. The molecule has 3 atom stereocenters. The van der Waals surface area contributed by atoms with Gasteiger partial charge in [0.1, 0.15) is 6.10 Å². The second kappa shape index (κ2) is 53.8. The number of hydrogen-bond donors (Lipinski definition) is 3. The van der Waals surface area contributed by atoms with E-state index in [0.29, 0.717) is 19.3 Å². The number of nitrogens with one attached hydrogen (secondary N) is 1. The highest BCUT2D eigenvalue weighted by Crippen LogP contribution is 2.19. The normalized spacial score (nSPS) is 13.5. The second-order valence-corrected chi connectivity index (χ2v) is 19.7. The molecule has 1 amide bonds. The number of unbranched alkanes of at least 4 members (excludes halogenated alkanes) is 32. The summed E-state index contributed by atoms with van der Waals surface area (Å²) in [7, 11) is 0. The Morgan fingerprint density at radius 2 is 0.818 bits per heavy atom. The molecule has 0 aliphatic rings. The molecule has 0 heterocycles. The fourth-order valence-electron chi connectivity index (χ4n) is 8.84. The van der Waals surface area contributed by atoms with Crippen LogP contribution in [0.2, 0.25) is 0 Å². The van der Waals surface area contributed by atoms with E-state index in [1.165, 1.54) is 173 Å². The Balaban J connectivity index is 4.55. The van der Waals surface area contributed by atoms with Crippen LogP contribution in [0.4, 0.5) is 0 Å². The number of rotatable bonds is 52. The maximum atomic E-state index is 13.3. The number of aliphatic hydroxyl groups excluding tert-OH is 2. The van der Waals surface area contributed by atoms with Crippen LogP contribution in [0.15, 0.2) is 48.6 Å². The van der Waals surface area contributed by atoms with Crippen LogP contribution in [0.5, 0.6) is 0 Å². The van der Waals surface area contributed by atoms with Crippen LogP contribution in [-0.2, 0) is 14.3 Å². The summed E-state index contributed by atoms with van der Waals surface area (Å²) in [4.78, 5) is 26.3. The Hall–Kier alpha value is -2.18.